The molecule has 6 heteroatoms. The molecule has 1 aromatic rings. The average Bonchev–Trinajstić information content (AvgIpc) is 2.68. The molecule has 0 aromatic carbocycles. The van der Waals surface area contributed by atoms with Gasteiger partial charge in [0.05, 0.1) is 18.1 Å². The summed E-state index contributed by atoms with van der Waals surface area (Å²) in [5.74, 6) is 1.55. The van der Waals surface area contributed by atoms with E-state index in [1.165, 1.54) is 38.8 Å². The standard InChI is InChI=1S/C20H33N5O/c1-3-19-21-14-18(15-22-19)23-20(26)25-12-8-17(9-13-25)7-11-24-10-5-4-6-16(24)2/h14-17H,3-13H2,1-2H3,(H,23,26)/t16-/m0/s1. The Balaban J connectivity index is 1.39. The second-order valence-electron chi connectivity index (χ2n) is 7.77. The Kier molecular flexibility index (Phi) is 6.83. The number of carbonyl (C=O) groups is 1. The highest BCUT2D eigenvalue weighted by molar-refractivity contribution is 5.88. The Morgan fingerprint density at radius 3 is 2.54 bits per heavy atom. The molecule has 2 fully saturated rings. The first-order chi connectivity index (χ1) is 12.7. The highest BCUT2D eigenvalue weighted by Crippen LogP contribution is 2.24. The van der Waals surface area contributed by atoms with E-state index >= 15 is 0 Å². The first-order valence-corrected chi connectivity index (χ1v) is 10.3. The topological polar surface area (TPSA) is 61.4 Å². The van der Waals surface area contributed by atoms with Crippen molar-refractivity contribution in [2.45, 2.75) is 64.8 Å². The summed E-state index contributed by atoms with van der Waals surface area (Å²) in [6.45, 7) is 8.56. The van der Waals surface area contributed by atoms with Crippen molar-refractivity contribution in [2.24, 2.45) is 5.92 Å². The quantitative estimate of drug-likeness (QED) is 0.873. The number of piperidine rings is 2. The number of hydrogen-bond acceptors (Lipinski definition) is 4. The number of anilines is 1. The number of hydrogen-bond donors (Lipinski definition) is 1. The van der Waals surface area contributed by atoms with Crippen LogP contribution < -0.4 is 5.32 Å². The monoisotopic (exact) mass is 359 g/mol. The number of nitrogens with one attached hydrogen (secondary N) is 1. The fraction of sp³-hybridized carbons (Fsp3) is 0.750. The van der Waals surface area contributed by atoms with Crippen molar-refractivity contribution in [2.75, 3.05) is 31.5 Å². The molecule has 144 valence electrons. The Bertz CT molecular complexity index is 568. The molecule has 2 aliphatic heterocycles. The summed E-state index contributed by atoms with van der Waals surface area (Å²) in [6.07, 6.45) is 11.8. The summed E-state index contributed by atoms with van der Waals surface area (Å²) in [5, 5.41) is 2.92. The Labute approximate surface area is 157 Å². The van der Waals surface area contributed by atoms with E-state index in [4.69, 9.17) is 0 Å². The van der Waals surface area contributed by atoms with Gasteiger partial charge in [0.2, 0.25) is 0 Å². The van der Waals surface area contributed by atoms with Crippen molar-refractivity contribution >= 4 is 11.7 Å². The van der Waals surface area contributed by atoms with Gasteiger partial charge >= 0.3 is 6.03 Å². The molecule has 1 N–H and O–H groups in total. The van der Waals surface area contributed by atoms with Crippen LogP contribution in [0.15, 0.2) is 12.4 Å². The van der Waals surface area contributed by atoms with Crippen LogP contribution in [0, 0.1) is 5.92 Å². The number of rotatable bonds is 5. The van der Waals surface area contributed by atoms with Gasteiger partial charge in [-0.2, -0.15) is 0 Å². The lowest BCUT2D eigenvalue weighted by molar-refractivity contribution is 0.134. The molecule has 3 rings (SSSR count). The molecule has 1 atom stereocenters. The second-order valence-corrected chi connectivity index (χ2v) is 7.77. The molecule has 0 spiro atoms. The van der Waals surface area contributed by atoms with E-state index in [0.29, 0.717) is 5.69 Å². The minimum absolute atomic E-state index is 0.0269. The lowest BCUT2D eigenvalue weighted by Gasteiger charge is -2.36. The Morgan fingerprint density at radius 2 is 1.88 bits per heavy atom. The highest BCUT2D eigenvalue weighted by Gasteiger charge is 2.24. The predicted molar refractivity (Wildman–Crippen MR) is 104 cm³/mol. The van der Waals surface area contributed by atoms with Crippen molar-refractivity contribution < 1.29 is 4.79 Å². The predicted octanol–water partition coefficient (Wildman–Crippen LogP) is 3.55. The molecule has 0 aliphatic carbocycles. The Hall–Kier alpha value is -1.69. The zero-order chi connectivity index (χ0) is 18.4. The lowest BCUT2D eigenvalue weighted by Crippen LogP contribution is -2.42. The smallest absolute Gasteiger partial charge is 0.321 e. The maximum Gasteiger partial charge on any atom is 0.321 e. The van der Waals surface area contributed by atoms with Gasteiger partial charge in [0, 0.05) is 25.6 Å². The largest absolute Gasteiger partial charge is 0.325 e. The molecule has 0 unspecified atom stereocenters. The molecule has 1 aromatic heterocycles. The summed E-state index contributed by atoms with van der Waals surface area (Å²) >= 11 is 0. The summed E-state index contributed by atoms with van der Waals surface area (Å²) in [6, 6.07) is 0.719. The third-order valence-electron chi connectivity index (χ3n) is 5.94. The number of likely N-dealkylation sites (tertiary alicyclic amines) is 2. The summed E-state index contributed by atoms with van der Waals surface area (Å²) in [5.41, 5.74) is 0.674. The molecule has 26 heavy (non-hydrogen) atoms. The third kappa shape index (κ3) is 5.16. The minimum atomic E-state index is -0.0269. The summed E-state index contributed by atoms with van der Waals surface area (Å²) in [4.78, 5) is 25.5. The minimum Gasteiger partial charge on any atom is -0.325 e. The normalized spacial score (nSPS) is 22.4. The molecule has 0 radical (unpaired) electrons. The van der Waals surface area contributed by atoms with Gasteiger partial charge in [-0.1, -0.05) is 13.3 Å². The van der Waals surface area contributed by atoms with E-state index in [0.717, 1.165) is 50.1 Å². The number of urea groups is 1. The lowest BCUT2D eigenvalue weighted by atomic mass is 9.92. The highest BCUT2D eigenvalue weighted by atomic mass is 16.2. The van der Waals surface area contributed by atoms with Crippen molar-refractivity contribution in [1.82, 2.24) is 19.8 Å². The van der Waals surface area contributed by atoms with Crippen LogP contribution in [-0.2, 0) is 6.42 Å². The van der Waals surface area contributed by atoms with E-state index in [1.54, 1.807) is 12.4 Å². The molecule has 0 saturated carbocycles. The van der Waals surface area contributed by atoms with Crippen LogP contribution in [0.4, 0.5) is 10.5 Å². The molecule has 6 nitrogen and oxygen atoms in total. The zero-order valence-corrected chi connectivity index (χ0v) is 16.3. The van der Waals surface area contributed by atoms with Crippen molar-refractivity contribution in [3.05, 3.63) is 18.2 Å². The van der Waals surface area contributed by atoms with Gasteiger partial charge in [0.15, 0.2) is 0 Å². The van der Waals surface area contributed by atoms with Crippen LogP contribution in [0.3, 0.4) is 0 Å². The number of aromatic nitrogens is 2. The average molecular weight is 360 g/mol. The SMILES string of the molecule is CCc1ncc(NC(=O)N2CCC(CCN3CCCC[C@@H]3C)CC2)cn1. The first kappa shape index (κ1) is 19.1. The third-order valence-corrected chi connectivity index (χ3v) is 5.94. The summed E-state index contributed by atoms with van der Waals surface area (Å²) in [7, 11) is 0. The van der Waals surface area contributed by atoms with Gasteiger partial charge in [0.1, 0.15) is 5.82 Å². The van der Waals surface area contributed by atoms with Gasteiger partial charge in [-0.3, -0.25) is 0 Å². The molecule has 2 aliphatic rings. The van der Waals surface area contributed by atoms with Crippen LogP contribution in [0.25, 0.3) is 0 Å². The van der Waals surface area contributed by atoms with Gasteiger partial charge in [-0.25, -0.2) is 14.8 Å². The van der Waals surface area contributed by atoms with Gasteiger partial charge in [0.25, 0.3) is 0 Å². The fourth-order valence-corrected chi connectivity index (χ4v) is 4.07. The van der Waals surface area contributed by atoms with Gasteiger partial charge in [-0.05, 0) is 58.0 Å². The van der Waals surface area contributed by atoms with Crippen molar-refractivity contribution in [3.8, 4) is 0 Å². The van der Waals surface area contributed by atoms with E-state index < -0.39 is 0 Å². The van der Waals surface area contributed by atoms with Gasteiger partial charge in [-0.15, -0.1) is 0 Å². The van der Waals surface area contributed by atoms with E-state index in [9.17, 15) is 4.79 Å². The fourth-order valence-electron chi connectivity index (χ4n) is 4.07. The first-order valence-electron chi connectivity index (χ1n) is 10.3. The van der Waals surface area contributed by atoms with Crippen LogP contribution >= 0.6 is 0 Å². The number of aryl methyl sites for hydroxylation is 1. The van der Waals surface area contributed by atoms with Crippen LogP contribution in [0.5, 0.6) is 0 Å². The molecule has 2 amide bonds. The van der Waals surface area contributed by atoms with Crippen molar-refractivity contribution in [1.29, 1.82) is 0 Å². The molecule has 0 bridgehead atoms. The maximum absolute atomic E-state index is 12.4. The van der Waals surface area contributed by atoms with Crippen LogP contribution in [0.1, 0.15) is 58.2 Å². The number of nitrogens with zero attached hydrogens (tertiary/aromatic N) is 4. The van der Waals surface area contributed by atoms with Crippen LogP contribution in [0.2, 0.25) is 0 Å². The van der Waals surface area contributed by atoms with E-state index in [-0.39, 0.29) is 6.03 Å². The molecular weight excluding hydrogens is 326 g/mol. The maximum atomic E-state index is 12.4. The summed E-state index contributed by atoms with van der Waals surface area (Å²) < 4.78 is 0. The second kappa shape index (κ2) is 9.31. The zero-order valence-electron chi connectivity index (χ0n) is 16.3. The van der Waals surface area contributed by atoms with Gasteiger partial charge < -0.3 is 15.1 Å². The van der Waals surface area contributed by atoms with Crippen LogP contribution in [-0.4, -0.2) is 58.0 Å². The van der Waals surface area contributed by atoms with E-state index in [2.05, 4.69) is 27.1 Å². The molecule has 3 heterocycles. The Morgan fingerprint density at radius 1 is 1.15 bits per heavy atom. The number of amides is 2. The molecule has 2 saturated heterocycles. The number of carbonyl (C=O) groups excluding carboxylic acids is 1. The van der Waals surface area contributed by atoms with Crippen molar-refractivity contribution in [3.63, 3.8) is 0 Å². The van der Waals surface area contributed by atoms with E-state index in [1.807, 2.05) is 11.8 Å². The molecular formula is C20H33N5O.